The molecule has 0 unspecified atom stereocenters. The molecule has 26 heteroatoms. The number of hydrogen-bond donors (Lipinski definition) is 16. The van der Waals surface area contributed by atoms with E-state index in [1.54, 1.807) is 0 Å². The lowest BCUT2D eigenvalue weighted by Crippen LogP contribution is -2.68. The van der Waals surface area contributed by atoms with E-state index >= 15 is 0 Å². The van der Waals surface area contributed by atoms with Gasteiger partial charge in [0.05, 0.1) is 50.8 Å². The van der Waals surface area contributed by atoms with E-state index in [4.69, 9.17) is 47.4 Å². The minimum Gasteiger partial charge on any atom is -0.394 e. The maximum atomic E-state index is 12.9. The summed E-state index contributed by atoms with van der Waals surface area (Å²) in [5.74, 6) is -0.437. The van der Waals surface area contributed by atoms with E-state index < -0.39 is 196 Å². The summed E-state index contributed by atoms with van der Waals surface area (Å²) in [6.45, 7) is 14.4. The monoisotopic (exact) mass is 1210 g/mol. The van der Waals surface area contributed by atoms with Crippen LogP contribution < -0.4 is 0 Å². The zero-order valence-electron chi connectivity index (χ0n) is 49.4. The lowest BCUT2D eigenvalue weighted by atomic mass is 9.35. The Morgan fingerprint density at radius 2 is 1.04 bits per heavy atom. The first kappa shape index (κ1) is 67.1. The molecule has 0 radical (unpaired) electrons. The summed E-state index contributed by atoms with van der Waals surface area (Å²) in [6, 6.07) is 0. The quantitative estimate of drug-likeness (QED) is 0.0502. The van der Waals surface area contributed by atoms with E-state index in [-0.39, 0.29) is 47.0 Å². The number of aliphatic hydroxyl groups is 16. The minimum atomic E-state index is -1.88. The van der Waals surface area contributed by atoms with E-state index in [1.807, 2.05) is 26.8 Å². The van der Waals surface area contributed by atoms with E-state index in [2.05, 4.69) is 40.7 Å². The molecule has 9 rings (SSSR count). The third kappa shape index (κ3) is 12.0. The molecule has 9 aliphatic rings. The molecule has 9 fully saturated rings. The molecule has 0 amide bonds. The Morgan fingerprint density at radius 1 is 0.524 bits per heavy atom. The molecule has 0 aromatic rings. The number of fused-ring (bicyclic) bond motifs is 5. The third-order valence-electron chi connectivity index (χ3n) is 22.1. The van der Waals surface area contributed by atoms with E-state index in [0.29, 0.717) is 32.1 Å². The number of allylic oxidation sites excluding steroid dienone is 1. The van der Waals surface area contributed by atoms with Gasteiger partial charge in [0.2, 0.25) is 0 Å². The number of hydrogen-bond acceptors (Lipinski definition) is 26. The molecule has 5 heterocycles. The van der Waals surface area contributed by atoms with Crippen molar-refractivity contribution in [3.63, 3.8) is 0 Å². The van der Waals surface area contributed by atoms with Crippen molar-refractivity contribution in [2.75, 3.05) is 33.0 Å². The highest BCUT2D eigenvalue weighted by atomic mass is 16.8. The van der Waals surface area contributed by atoms with Crippen LogP contribution in [0, 0.1) is 51.2 Å². The van der Waals surface area contributed by atoms with Crippen molar-refractivity contribution in [1.82, 2.24) is 0 Å². The highest BCUT2D eigenvalue weighted by Gasteiger charge is 2.72. The highest BCUT2D eigenvalue weighted by molar-refractivity contribution is 5.21. The summed E-state index contributed by atoms with van der Waals surface area (Å²) in [7, 11) is 0. The zero-order chi connectivity index (χ0) is 61.5. The van der Waals surface area contributed by atoms with Crippen LogP contribution in [0.25, 0.3) is 0 Å². The van der Waals surface area contributed by atoms with Crippen molar-refractivity contribution in [3.8, 4) is 0 Å². The fourth-order valence-corrected chi connectivity index (χ4v) is 17.0. The second-order valence-corrected chi connectivity index (χ2v) is 27.7. The fraction of sp³-hybridized carbons (Fsp3) is 0.966. The summed E-state index contributed by atoms with van der Waals surface area (Å²) in [5.41, 5.74) is -2.90. The van der Waals surface area contributed by atoms with Gasteiger partial charge in [0, 0.05) is 0 Å². The number of aliphatic hydroxyl groups excluding tert-OH is 16. The van der Waals surface area contributed by atoms with Gasteiger partial charge in [-0.05, 0) is 110 Å². The summed E-state index contributed by atoms with van der Waals surface area (Å²) < 4.78 is 60.9. The van der Waals surface area contributed by atoms with Crippen LogP contribution in [0.2, 0.25) is 0 Å². The predicted molar refractivity (Wildman–Crippen MR) is 287 cm³/mol. The molecule has 486 valence electrons. The smallest absolute Gasteiger partial charge is 0.187 e. The summed E-state index contributed by atoms with van der Waals surface area (Å²) in [5, 5.41) is 175. The van der Waals surface area contributed by atoms with Crippen LogP contribution in [0.5, 0.6) is 0 Å². The predicted octanol–water partition coefficient (Wildman–Crippen LogP) is -3.24. The van der Waals surface area contributed by atoms with Gasteiger partial charge in [-0.15, -0.1) is 0 Å². The topological polar surface area (TPSA) is 416 Å². The van der Waals surface area contributed by atoms with Gasteiger partial charge in [-0.25, -0.2) is 0 Å². The van der Waals surface area contributed by atoms with Gasteiger partial charge in [0.25, 0.3) is 0 Å². The molecule has 5 saturated heterocycles. The van der Waals surface area contributed by atoms with Crippen LogP contribution in [0.4, 0.5) is 0 Å². The van der Waals surface area contributed by atoms with Gasteiger partial charge in [-0.1, -0.05) is 60.6 Å². The molecule has 33 atom stereocenters. The normalized spacial score (nSPS) is 53.3. The molecular weight excluding hydrogens is 1110 g/mol. The molecule has 0 aromatic carbocycles. The Balaban J connectivity index is 0.935. The fourth-order valence-electron chi connectivity index (χ4n) is 17.0. The van der Waals surface area contributed by atoms with E-state index in [0.717, 1.165) is 19.3 Å². The van der Waals surface area contributed by atoms with E-state index in [1.165, 1.54) is 0 Å². The molecule has 0 bridgehead atoms. The molecule has 84 heavy (non-hydrogen) atoms. The van der Waals surface area contributed by atoms with Gasteiger partial charge >= 0.3 is 0 Å². The van der Waals surface area contributed by atoms with Crippen LogP contribution in [-0.4, -0.2) is 274 Å². The van der Waals surface area contributed by atoms with Crippen molar-refractivity contribution in [2.24, 2.45) is 51.2 Å². The highest BCUT2D eigenvalue weighted by Crippen LogP contribution is 2.76. The van der Waals surface area contributed by atoms with Crippen molar-refractivity contribution in [2.45, 2.75) is 266 Å². The molecule has 0 spiro atoms. The molecule has 4 aliphatic carbocycles. The van der Waals surface area contributed by atoms with Crippen LogP contribution in [-0.2, 0) is 47.4 Å². The Morgan fingerprint density at radius 3 is 1.62 bits per heavy atom. The maximum Gasteiger partial charge on any atom is 0.187 e. The average Bonchev–Trinajstić information content (AvgIpc) is 1.22. The summed E-state index contributed by atoms with van der Waals surface area (Å²) in [6.07, 6.45) is -29.7. The van der Waals surface area contributed by atoms with Crippen molar-refractivity contribution in [3.05, 3.63) is 12.2 Å². The van der Waals surface area contributed by atoms with Crippen LogP contribution >= 0.6 is 0 Å². The van der Waals surface area contributed by atoms with Gasteiger partial charge in [0.15, 0.2) is 31.5 Å². The third-order valence-corrected chi connectivity index (χ3v) is 22.1. The Kier molecular flexibility index (Phi) is 20.6. The minimum absolute atomic E-state index is 0.000611. The number of rotatable bonds is 17. The van der Waals surface area contributed by atoms with Crippen LogP contribution in [0.3, 0.4) is 0 Å². The van der Waals surface area contributed by atoms with Gasteiger partial charge in [-0.3, -0.25) is 0 Å². The van der Waals surface area contributed by atoms with Crippen LogP contribution in [0.15, 0.2) is 12.2 Å². The van der Waals surface area contributed by atoms with Crippen molar-refractivity contribution in [1.29, 1.82) is 0 Å². The standard InChI is InChI=1S/C58H98O26/c1-24(2)10-9-14-58(8,84-51-46(74)41(69)40(68)31(80-51)23-77-49-44(72)36(64)27(62)21-75-49)25-11-16-57(7)35(25)26(61)18-33-55(5)15-13-34(54(3,4)32(55)12-17-56(33,57)6)81-52-47(42(70)38(66)29(19-59)78-52)83-53-48(43(71)39(67)30(20-60)79-53)82-50-45(73)37(65)28(63)22-76-50/h9-10,24-53,59-74H,11-23H2,1-8H3/b10-9+/t25-,26+,27+,28+,29+,30+,31+,32+,33+,34-,35-,36+,37-,38+,39+,40+,41-,42-,43-,44-,45+,46+,47+,48+,49+,50+,51-,52-,53-,55-,56+,57+,58-/m0/s1. The zero-order valence-corrected chi connectivity index (χ0v) is 49.4. The first-order valence-corrected chi connectivity index (χ1v) is 30.3. The lowest BCUT2D eigenvalue weighted by Gasteiger charge is -2.71. The molecule has 16 N–H and O–H groups in total. The van der Waals surface area contributed by atoms with E-state index in [9.17, 15) is 81.7 Å². The lowest BCUT2D eigenvalue weighted by molar-refractivity contribution is -0.395. The van der Waals surface area contributed by atoms with Crippen molar-refractivity contribution < 1.29 is 129 Å². The number of ether oxygens (including phenoxy) is 10. The maximum absolute atomic E-state index is 12.9. The van der Waals surface area contributed by atoms with Crippen LogP contribution in [0.1, 0.15) is 107 Å². The second-order valence-electron chi connectivity index (χ2n) is 27.7. The van der Waals surface area contributed by atoms with Gasteiger partial charge in [-0.2, -0.15) is 0 Å². The summed E-state index contributed by atoms with van der Waals surface area (Å²) >= 11 is 0. The van der Waals surface area contributed by atoms with Crippen molar-refractivity contribution >= 4 is 0 Å². The average molecular weight is 1210 g/mol. The molecule has 26 nitrogen and oxygen atoms in total. The largest absolute Gasteiger partial charge is 0.394 e. The molecule has 5 aliphatic heterocycles. The van der Waals surface area contributed by atoms with Gasteiger partial charge < -0.3 is 129 Å². The first-order chi connectivity index (χ1) is 39.4. The Labute approximate surface area is 490 Å². The molecule has 0 aromatic heterocycles. The van der Waals surface area contributed by atoms with Gasteiger partial charge in [0.1, 0.15) is 110 Å². The molecule has 4 saturated carbocycles. The SMILES string of the molecule is CC(C)/C=C/C[C@](C)(O[C@@H]1O[C@H](CO[C@H]2OC[C@@H](O)[C@@H](O)[C@@H]2O)[C@@H](O)[C@H](O)[C@H]1O)[C@H]1CC[C@]2(C)[C@@H]1[C@H](O)C[C@@H]1[C@@]3(C)CC[C@H](O[C@@H]4O[C@H](CO)[C@@H](O)[C@H](O)[C@H]4O[C@@H]4O[C@H](CO)[C@@H](O)[C@H](O)[C@H]4O[C@H]4OC[C@@H](O)[C@H](O)[C@H]4O)C(C)(C)[C@H]3CC[C@]12C. The molecular formula is C58H98O26. The first-order valence-electron chi connectivity index (χ1n) is 30.3. The Bertz CT molecular complexity index is 2200. The second kappa shape index (κ2) is 25.8. The summed E-state index contributed by atoms with van der Waals surface area (Å²) in [4.78, 5) is 0. The Hall–Kier alpha value is -1.30.